The Morgan fingerprint density at radius 1 is 1.11 bits per heavy atom. The summed E-state index contributed by atoms with van der Waals surface area (Å²) >= 11 is 0. The highest BCUT2D eigenvalue weighted by Gasteiger charge is 2.59. The third kappa shape index (κ3) is 2.48. The maximum absolute atomic E-state index is 15.0. The van der Waals surface area contributed by atoms with Crippen molar-refractivity contribution in [1.82, 2.24) is 15.9 Å². The van der Waals surface area contributed by atoms with Crippen LogP contribution in [0, 0.1) is 0 Å². The number of alkyl halides is 2. The minimum atomic E-state index is -3.06. The third-order valence-corrected chi connectivity index (χ3v) is 5.89. The molecule has 4 aliphatic rings. The van der Waals surface area contributed by atoms with Gasteiger partial charge in [-0.3, -0.25) is 19.3 Å². The predicted molar refractivity (Wildman–Crippen MR) is 89.6 cm³/mol. The van der Waals surface area contributed by atoms with Crippen LogP contribution in [-0.2, 0) is 16.1 Å². The topological polar surface area (TPSA) is 89.1 Å². The fourth-order valence-corrected chi connectivity index (χ4v) is 4.34. The molecule has 0 aromatic heterocycles. The maximum atomic E-state index is 15.0. The molecule has 0 saturated carbocycles. The van der Waals surface area contributed by atoms with E-state index in [2.05, 4.69) is 11.0 Å². The first-order valence-corrected chi connectivity index (χ1v) is 9.27. The van der Waals surface area contributed by atoms with Gasteiger partial charge in [-0.15, -0.1) is 0 Å². The van der Waals surface area contributed by atoms with Crippen LogP contribution in [0.5, 0.6) is 5.75 Å². The number of rotatable bonds is 1. The smallest absolute Gasteiger partial charge is 0.291 e. The molecule has 0 aliphatic carbocycles. The number of imide groups is 1. The Bertz CT molecular complexity index is 850. The molecule has 1 aromatic carbocycles. The van der Waals surface area contributed by atoms with Crippen LogP contribution in [0.4, 0.5) is 8.78 Å². The van der Waals surface area contributed by atoms with E-state index in [0.29, 0.717) is 19.5 Å². The van der Waals surface area contributed by atoms with Gasteiger partial charge in [0.1, 0.15) is 5.75 Å². The van der Waals surface area contributed by atoms with Gasteiger partial charge in [-0.1, -0.05) is 5.64 Å². The van der Waals surface area contributed by atoms with Crippen molar-refractivity contribution in [3.63, 3.8) is 0 Å². The summed E-state index contributed by atoms with van der Waals surface area (Å²) in [6.45, 7) is 1.14. The van der Waals surface area contributed by atoms with Crippen LogP contribution in [0.2, 0.25) is 0 Å². The lowest BCUT2D eigenvalue weighted by molar-refractivity contribution is -0.259. The lowest BCUT2D eigenvalue weighted by Gasteiger charge is -2.46. The first-order valence-electron chi connectivity index (χ1n) is 9.27. The summed E-state index contributed by atoms with van der Waals surface area (Å²) in [5.74, 6) is -3.91. The summed E-state index contributed by atoms with van der Waals surface area (Å²) < 4.78 is 35.7. The molecule has 1 aromatic rings. The molecule has 2 fully saturated rings. The highest BCUT2D eigenvalue weighted by Crippen LogP contribution is 2.48. The average molecular weight is 395 g/mol. The Hall–Kier alpha value is -2.14. The maximum Gasteiger partial charge on any atom is 0.291 e. The zero-order chi connectivity index (χ0) is 19.5. The summed E-state index contributed by atoms with van der Waals surface area (Å²) in [7, 11) is 0. The number of piperidine rings is 1. The average Bonchev–Trinajstić information content (AvgIpc) is 2.92. The van der Waals surface area contributed by atoms with E-state index >= 15 is 0 Å². The van der Waals surface area contributed by atoms with Crippen molar-refractivity contribution in [3.05, 3.63) is 28.8 Å². The number of carbonyl (C=O) groups is 2. The third-order valence-electron chi connectivity index (χ3n) is 5.89. The monoisotopic (exact) mass is 395 g/mol. The Kier molecular flexibility index (Phi) is 3.96. The summed E-state index contributed by atoms with van der Waals surface area (Å²) in [5, 5.41) is 3.07. The largest absolute Gasteiger partial charge is 0.481 e. The molecule has 2 N–H and O–H groups in total. The molecule has 2 saturated heterocycles. The quantitative estimate of drug-likeness (QED) is 0.690. The number of halogens is 2. The predicted octanol–water partition coefficient (Wildman–Crippen LogP) is 1.16. The van der Waals surface area contributed by atoms with Crippen molar-refractivity contribution < 1.29 is 32.8 Å². The standard InChI is InChI=1S/C18H19F2N3O5/c19-18(20)9-10-7-11-12(8-13(10)27-17(18)2-4-21-5-3-17)16(25)23(15(11)24)14-1-6-26-22-28-14/h7-8,14,21-22H,1-6,9H2. The molecule has 1 spiro atoms. The second kappa shape index (κ2) is 6.18. The summed E-state index contributed by atoms with van der Waals surface area (Å²) in [4.78, 5) is 36.6. The van der Waals surface area contributed by atoms with E-state index in [1.54, 1.807) is 0 Å². The molecule has 2 amide bonds. The first-order chi connectivity index (χ1) is 13.4. The van der Waals surface area contributed by atoms with Gasteiger partial charge in [-0.2, -0.15) is 0 Å². The van der Waals surface area contributed by atoms with Crippen LogP contribution >= 0.6 is 0 Å². The Morgan fingerprint density at radius 3 is 2.50 bits per heavy atom. The molecule has 4 heterocycles. The minimum absolute atomic E-state index is 0.0968. The van der Waals surface area contributed by atoms with Crippen molar-refractivity contribution >= 4 is 11.8 Å². The molecule has 10 heteroatoms. The van der Waals surface area contributed by atoms with Gasteiger partial charge in [-0.05, 0) is 25.2 Å². The number of hydrogen-bond acceptors (Lipinski definition) is 7. The van der Waals surface area contributed by atoms with Crippen LogP contribution in [0.25, 0.3) is 0 Å². The van der Waals surface area contributed by atoms with Crippen molar-refractivity contribution in [3.8, 4) is 5.75 Å². The molecular weight excluding hydrogens is 376 g/mol. The highest BCUT2D eigenvalue weighted by atomic mass is 19.3. The summed E-state index contributed by atoms with van der Waals surface area (Å²) in [6, 6.07) is 2.79. The van der Waals surface area contributed by atoms with Gasteiger partial charge < -0.3 is 10.1 Å². The van der Waals surface area contributed by atoms with Crippen LogP contribution in [0.15, 0.2) is 12.1 Å². The van der Waals surface area contributed by atoms with Gasteiger partial charge in [0, 0.05) is 31.2 Å². The normalized spacial score (nSPS) is 28.1. The van der Waals surface area contributed by atoms with E-state index in [9.17, 15) is 18.4 Å². The number of carbonyl (C=O) groups excluding carboxylic acids is 2. The Balaban J connectivity index is 1.52. The minimum Gasteiger partial charge on any atom is -0.481 e. The number of benzene rings is 1. The van der Waals surface area contributed by atoms with Gasteiger partial charge in [0.15, 0.2) is 11.8 Å². The molecule has 1 unspecified atom stereocenters. The number of hydrogen-bond donors (Lipinski definition) is 2. The lowest BCUT2D eigenvalue weighted by atomic mass is 9.80. The molecule has 8 nitrogen and oxygen atoms in total. The number of fused-ring (bicyclic) bond motifs is 2. The Morgan fingerprint density at radius 2 is 1.82 bits per heavy atom. The van der Waals surface area contributed by atoms with Crippen molar-refractivity contribution in [1.29, 1.82) is 0 Å². The molecule has 150 valence electrons. The second-order valence-corrected chi connectivity index (χ2v) is 7.51. The first kappa shape index (κ1) is 17.9. The molecule has 0 radical (unpaired) electrons. The van der Waals surface area contributed by atoms with Gasteiger partial charge >= 0.3 is 0 Å². The number of nitrogens with zero attached hydrogens (tertiary/aromatic N) is 1. The van der Waals surface area contributed by atoms with E-state index in [-0.39, 0.29) is 41.9 Å². The lowest BCUT2D eigenvalue weighted by Crippen LogP contribution is -2.60. The Labute approximate surface area is 159 Å². The fourth-order valence-electron chi connectivity index (χ4n) is 4.34. The van der Waals surface area contributed by atoms with E-state index in [1.807, 2.05) is 0 Å². The van der Waals surface area contributed by atoms with Gasteiger partial charge in [0.2, 0.25) is 0 Å². The zero-order valence-electron chi connectivity index (χ0n) is 14.9. The second-order valence-electron chi connectivity index (χ2n) is 7.51. The molecule has 0 bridgehead atoms. The van der Waals surface area contributed by atoms with Crippen molar-refractivity contribution in [2.45, 2.75) is 43.4 Å². The number of ether oxygens (including phenoxy) is 1. The molecule has 1 atom stereocenters. The van der Waals surface area contributed by atoms with E-state index in [1.165, 1.54) is 12.1 Å². The van der Waals surface area contributed by atoms with Crippen LogP contribution in [0.1, 0.15) is 45.5 Å². The molecule has 5 rings (SSSR count). The van der Waals surface area contributed by atoms with Crippen molar-refractivity contribution in [2.24, 2.45) is 0 Å². The van der Waals surface area contributed by atoms with E-state index in [0.717, 1.165) is 4.90 Å². The van der Waals surface area contributed by atoms with Crippen LogP contribution in [0.3, 0.4) is 0 Å². The van der Waals surface area contributed by atoms with Crippen LogP contribution in [-0.4, -0.2) is 54.2 Å². The van der Waals surface area contributed by atoms with Gasteiger partial charge in [-0.25, -0.2) is 13.7 Å². The SMILES string of the molecule is O=C1c2cc3c(cc2C(=O)N1C1CCONO1)OC1(CCNCC1)C(F)(F)C3. The van der Waals surface area contributed by atoms with Crippen LogP contribution < -0.4 is 15.7 Å². The molecular formula is C18H19F2N3O5. The number of amides is 2. The summed E-state index contributed by atoms with van der Waals surface area (Å²) in [5.41, 5.74) is 1.10. The van der Waals surface area contributed by atoms with Crippen molar-refractivity contribution in [2.75, 3.05) is 19.7 Å². The molecule has 28 heavy (non-hydrogen) atoms. The highest BCUT2D eigenvalue weighted by molar-refractivity contribution is 6.21. The fraction of sp³-hybridized carbons (Fsp3) is 0.556. The summed E-state index contributed by atoms with van der Waals surface area (Å²) in [6.07, 6.45) is -0.681. The zero-order valence-corrected chi connectivity index (χ0v) is 14.9. The van der Waals surface area contributed by atoms with E-state index in [4.69, 9.17) is 14.4 Å². The van der Waals surface area contributed by atoms with Gasteiger partial charge in [0.25, 0.3) is 17.7 Å². The number of nitrogens with one attached hydrogen (secondary N) is 2. The van der Waals surface area contributed by atoms with Gasteiger partial charge in [0.05, 0.1) is 17.7 Å². The molecule has 4 aliphatic heterocycles. The van der Waals surface area contributed by atoms with E-state index < -0.39 is 36.0 Å².